The summed E-state index contributed by atoms with van der Waals surface area (Å²) >= 11 is 0. The van der Waals surface area contributed by atoms with E-state index < -0.39 is 0 Å². The van der Waals surface area contributed by atoms with Gasteiger partial charge in [0.25, 0.3) is 5.91 Å². The van der Waals surface area contributed by atoms with Crippen molar-refractivity contribution in [1.29, 1.82) is 0 Å². The second kappa shape index (κ2) is 10.2. The van der Waals surface area contributed by atoms with Gasteiger partial charge in [-0.25, -0.2) is 0 Å². The molecule has 2 saturated heterocycles. The molecule has 7 nitrogen and oxygen atoms in total. The van der Waals surface area contributed by atoms with Gasteiger partial charge in [-0.05, 0) is 74.6 Å². The molecule has 176 valence electrons. The minimum absolute atomic E-state index is 0.0660. The maximum absolute atomic E-state index is 12.1. The van der Waals surface area contributed by atoms with E-state index in [4.69, 9.17) is 4.74 Å². The monoisotopic (exact) mass is 449 g/mol. The lowest BCUT2D eigenvalue weighted by molar-refractivity contribution is 0.0545. The first-order valence-electron chi connectivity index (χ1n) is 12.5. The molecule has 3 heterocycles. The molecule has 3 fully saturated rings. The number of aromatic nitrogens is 2. The summed E-state index contributed by atoms with van der Waals surface area (Å²) in [4.78, 5) is 14.8. The van der Waals surface area contributed by atoms with Gasteiger partial charge in [0.2, 0.25) is 0 Å². The van der Waals surface area contributed by atoms with Crippen molar-refractivity contribution in [2.75, 3.05) is 44.7 Å². The summed E-state index contributed by atoms with van der Waals surface area (Å²) < 4.78 is 5.51. The maximum Gasteiger partial charge on any atom is 0.251 e. The van der Waals surface area contributed by atoms with Gasteiger partial charge >= 0.3 is 0 Å². The predicted octanol–water partition coefficient (Wildman–Crippen LogP) is 3.44. The number of anilines is 1. The second-order valence-corrected chi connectivity index (χ2v) is 9.85. The standard InChI is InChI=1S/C26H35N5O2/c1-2-27-26(32)20-5-3-4-19(12-20)24-6-7-25(30-29-24)28-23-13-21-16-31(17-22(21)14-23)15-18-8-10-33-11-9-18/h3-7,12,18,21-23H,2,8-11,13-17H2,1H3,(H,27,32)(H,28,30)/t21-,22?,23?/m1/s1. The molecule has 3 aliphatic rings. The van der Waals surface area contributed by atoms with Crippen LogP contribution in [0.2, 0.25) is 0 Å². The van der Waals surface area contributed by atoms with Crippen molar-refractivity contribution < 1.29 is 9.53 Å². The van der Waals surface area contributed by atoms with E-state index in [1.54, 1.807) is 0 Å². The summed E-state index contributed by atoms with van der Waals surface area (Å²) in [6.45, 7) is 8.15. The van der Waals surface area contributed by atoms with Gasteiger partial charge < -0.3 is 20.3 Å². The van der Waals surface area contributed by atoms with Crippen molar-refractivity contribution in [2.45, 2.75) is 38.6 Å². The third kappa shape index (κ3) is 5.36. The number of benzene rings is 1. The van der Waals surface area contributed by atoms with E-state index in [9.17, 15) is 4.79 Å². The van der Waals surface area contributed by atoms with Crippen LogP contribution in [0.3, 0.4) is 0 Å². The zero-order valence-corrected chi connectivity index (χ0v) is 19.5. The molecule has 0 spiro atoms. The topological polar surface area (TPSA) is 79.4 Å². The Morgan fingerprint density at radius 3 is 2.58 bits per heavy atom. The van der Waals surface area contributed by atoms with Crippen LogP contribution in [0.15, 0.2) is 36.4 Å². The first-order valence-corrected chi connectivity index (χ1v) is 12.5. The van der Waals surface area contributed by atoms with Crippen molar-refractivity contribution >= 4 is 11.7 Å². The van der Waals surface area contributed by atoms with Crippen molar-refractivity contribution in [1.82, 2.24) is 20.4 Å². The van der Waals surface area contributed by atoms with E-state index in [1.807, 2.05) is 43.3 Å². The summed E-state index contributed by atoms with van der Waals surface area (Å²) in [5.41, 5.74) is 2.32. The summed E-state index contributed by atoms with van der Waals surface area (Å²) in [5, 5.41) is 15.3. The van der Waals surface area contributed by atoms with E-state index in [1.165, 1.54) is 45.3 Å². The van der Waals surface area contributed by atoms with Gasteiger partial charge in [0, 0.05) is 56.6 Å². The number of hydrogen-bond acceptors (Lipinski definition) is 6. The second-order valence-electron chi connectivity index (χ2n) is 9.85. The normalized spacial score (nSPS) is 25.7. The van der Waals surface area contributed by atoms with Crippen LogP contribution in [0.1, 0.15) is 43.0 Å². The summed E-state index contributed by atoms with van der Waals surface area (Å²) in [7, 11) is 0. The van der Waals surface area contributed by atoms with Crippen LogP contribution >= 0.6 is 0 Å². The third-order valence-electron chi connectivity index (χ3n) is 7.46. The molecular weight excluding hydrogens is 414 g/mol. The predicted molar refractivity (Wildman–Crippen MR) is 129 cm³/mol. The van der Waals surface area contributed by atoms with Crippen LogP contribution in [0.5, 0.6) is 0 Å². The van der Waals surface area contributed by atoms with Gasteiger partial charge in [0.1, 0.15) is 5.82 Å². The molecule has 0 radical (unpaired) electrons. The van der Waals surface area contributed by atoms with Gasteiger partial charge in [0.05, 0.1) is 5.69 Å². The molecule has 1 aromatic carbocycles. The van der Waals surface area contributed by atoms with Gasteiger partial charge in [-0.2, -0.15) is 0 Å². The van der Waals surface area contributed by atoms with Gasteiger partial charge in [0.15, 0.2) is 0 Å². The number of rotatable bonds is 7. The first-order chi connectivity index (χ1) is 16.2. The number of carbonyl (C=O) groups is 1. The van der Waals surface area contributed by atoms with E-state index in [0.717, 1.165) is 48.0 Å². The quantitative estimate of drug-likeness (QED) is 0.674. The highest BCUT2D eigenvalue weighted by molar-refractivity contribution is 5.95. The molecule has 2 N–H and O–H groups in total. The molecule has 7 heteroatoms. The Kier molecular flexibility index (Phi) is 6.88. The van der Waals surface area contributed by atoms with Crippen LogP contribution in [-0.4, -0.2) is 66.4 Å². The fourth-order valence-corrected chi connectivity index (χ4v) is 5.81. The molecular formula is C26H35N5O2. The fraction of sp³-hybridized carbons (Fsp3) is 0.577. The van der Waals surface area contributed by atoms with Crippen LogP contribution < -0.4 is 10.6 Å². The number of carbonyl (C=O) groups excluding carboxylic acids is 1. The summed E-state index contributed by atoms with van der Waals surface area (Å²) in [6.07, 6.45) is 4.88. The maximum atomic E-state index is 12.1. The van der Waals surface area contributed by atoms with E-state index in [0.29, 0.717) is 18.2 Å². The van der Waals surface area contributed by atoms with Gasteiger partial charge in [-0.15, -0.1) is 10.2 Å². The summed E-state index contributed by atoms with van der Waals surface area (Å²) in [5.74, 6) is 3.19. The molecule has 33 heavy (non-hydrogen) atoms. The Hall–Kier alpha value is -2.51. The number of ether oxygens (including phenoxy) is 1. The number of fused-ring (bicyclic) bond motifs is 1. The number of amides is 1. The van der Waals surface area contributed by atoms with Crippen molar-refractivity contribution in [3.63, 3.8) is 0 Å². The number of hydrogen-bond donors (Lipinski definition) is 2. The molecule has 1 amide bonds. The van der Waals surface area contributed by atoms with E-state index in [-0.39, 0.29) is 5.91 Å². The van der Waals surface area contributed by atoms with E-state index in [2.05, 4.69) is 25.7 Å². The molecule has 2 aliphatic heterocycles. The van der Waals surface area contributed by atoms with Crippen LogP contribution in [0.4, 0.5) is 5.82 Å². The average Bonchev–Trinajstić information content (AvgIpc) is 3.38. The van der Waals surface area contributed by atoms with Crippen LogP contribution in [-0.2, 0) is 4.74 Å². The smallest absolute Gasteiger partial charge is 0.251 e. The molecule has 1 aliphatic carbocycles. The lowest BCUT2D eigenvalue weighted by atomic mass is 10.00. The van der Waals surface area contributed by atoms with Gasteiger partial charge in [-0.3, -0.25) is 4.79 Å². The molecule has 3 atom stereocenters. The lowest BCUT2D eigenvalue weighted by Crippen LogP contribution is -2.32. The minimum atomic E-state index is -0.0660. The molecule has 0 bridgehead atoms. The number of likely N-dealkylation sites (tertiary alicyclic amines) is 1. The minimum Gasteiger partial charge on any atom is -0.381 e. The molecule has 2 unspecified atom stereocenters. The van der Waals surface area contributed by atoms with Crippen molar-refractivity contribution in [2.24, 2.45) is 17.8 Å². The molecule has 1 saturated carbocycles. The Balaban J connectivity index is 1.13. The first kappa shape index (κ1) is 22.3. The molecule has 2 aromatic rings. The third-order valence-corrected chi connectivity index (χ3v) is 7.46. The Morgan fingerprint density at radius 2 is 1.88 bits per heavy atom. The lowest BCUT2D eigenvalue weighted by Gasteiger charge is -2.27. The largest absolute Gasteiger partial charge is 0.381 e. The fourth-order valence-electron chi connectivity index (χ4n) is 5.81. The Labute approximate surface area is 196 Å². The van der Waals surface area contributed by atoms with Crippen molar-refractivity contribution in [3.05, 3.63) is 42.0 Å². The Morgan fingerprint density at radius 1 is 1.09 bits per heavy atom. The molecule has 1 aromatic heterocycles. The highest BCUT2D eigenvalue weighted by Gasteiger charge is 2.41. The molecule has 5 rings (SSSR count). The van der Waals surface area contributed by atoms with Crippen molar-refractivity contribution in [3.8, 4) is 11.3 Å². The zero-order valence-electron chi connectivity index (χ0n) is 19.5. The number of nitrogens with zero attached hydrogens (tertiary/aromatic N) is 3. The summed E-state index contributed by atoms with van der Waals surface area (Å²) in [6, 6.07) is 12.0. The van der Waals surface area contributed by atoms with Crippen LogP contribution in [0, 0.1) is 17.8 Å². The Bertz CT molecular complexity index is 930. The SMILES string of the molecule is CCNC(=O)c1cccc(-c2ccc(NC3CC4CN(CC5CCOCC5)C[C@H]4C3)nn2)c1. The van der Waals surface area contributed by atoms with Crippen LogP contribution in [0.25, 0.3) is 11.3 Å². The highest BCUT2D eigenvalue weighted by atomic mass is 16.5. The highest BCUT2D eigenvalue weighted by Crippen LogP contribution is 2.39. The van der Waals surface area contributed by atoms with Gasteiger partial charge in [-0.1, -0.05) is 12.1 Å². The van der Waals surface area contributed by atoms with E-state index >= 15 is 0 Å². The zero-order chi connectivity index (χ0) is 22.6. The number of nitrogens with one attached hydrogen (secondary N) is 2. The average molecular weight is 450 g/mol.